The van der Waals surface area contributed by atoms with Crippen molar-refractivity contribution in [3.63, 3.8) is 0 Å². The number of ether oxygens (including phenoxy) is 4. The van der Waals surface area contributed by atoms with Crippen LogP contribution in [0, 0.1) is 5.82 Å². The van der Waals surface area contributed by atoms with Gasteiger partial charge in [0.05, 0.1) is 31.5 Å². The Balaban J connectivity index is 1.39. The summed E-state index contributed by atoms with van der Waals surface area (Å²) in [7, 11) is 1.41. The van der Waals surface area contributed by atoms with E-state index in [0.29, 0.717) is 23.6 Å². The number of hydrogen-bond acceptors (Lipinski definition) is 7. The first-order chi connectivity index (χ1) is 18.4. The van der Waals surface area contributed by atoms with E-state index >= 15 is 0 Å². The second-order valence-corrected chi connectivity index (χ2v) is 9.31. The predicted octanol–water partition coefficient (Wildman–Crippen LogP) is 5.64. The normalized spacial score (nSPS) is 14.6. The minimum atomic E-state index is -0.715. The molecule has 1 N–H and O–H groups in total. The van der Waals surface area contributed by atoms with Gasteiger partial charge < -0.3 is 24.3 Å². The highest BCUT2D eigenvalue weighted by Crippen LogP contribution is 2.35. The number of amides is 1. The zero-order valence-corrected chi connectivity index (χ0v) is 22.5. The fraction of sp³-hybridized carbons (Fsp3) is 0.333. The molecule has 2 heterocycles. The molecule has 1 fully saturated rings. The topological polar surface area (TPSA) is 82.2 Å². The lowest BCUT2D eigenvalue weighted by molar-refractivity contribution is 0.0322. The number of carbonyl (C=O) groups is 1. The lowest BCUT2D eigenvalue weighted by Crippen LogP contribution is -2.38. The SMILES string of the molecule is COc1ncc(O[C@H](C)c2c(Cl)ccc(F)c2Cl)cc1C(=O)Nc1ccc(OCCN2CCOCC2)cc1. The maximum atomic E-state index is 14.0. The largest absolute Gasteiger partial charge is 0.492 e. The molecule has 38 heavy (non-hydrogen) atoms. The van der Waals surface area contributed by atoms with Crippen LogP contribution in [0.5, 0.6) is 17.4 Å². The molecule has 1 aromatic heterocycles. The summed E-state index contributed by atoms with van der Waals surface area (Å²) in [6, 6.07) is 11.2. The standard InChI is InChI=1S/C27H28Cl2FN3O5/c1-17(24-22(28)7-8-23(30)25(24)29)38-20-15-21(27(35-2)31-16-20)26(34)32-18-3-5-19(6-4-18)37-14-11-33-9-12-36-13-10-33/h3-8,15-17H,9-14H2,1-2H3,(H,32,34)/t17-/m1/s1. The third-order valence-electron chi connectivity index (χ3n) is 5.95. The number of rotatable bonds is 10. The summed E-state index contributed by atoms with van der Waals surface area (Å²) in [5.74, 6) is 0.0176. The number of anilines is 1. The Hall–Kier alpha value is -3.11. The van der Waals surface area contributed by atoms with E-state index in [1.807, 2.05) is 0 Å². The predicted molar refractivity (Wildman–Crippen MR) is 143 cm³/mol. The fourth-order valence-corrected chi connectivity index (χ4v) is 4.63. The number of carbonyl (C=O) groups excluding carboxylic acids is 1. The molecule has 1 atom stereocenters. The molecule has 0 unspecified atom stereocenters. The van der Waals surface area contributed by atoms with Crippen LogP contribution >= 0.6 is 23.2 Å². The van der Waals surface area contributed by atoms with Crippen LogP contribution in [-0.2, 0) is 4.74 Å². The van der Waals surface area contributed by atoms with Crippen molar-refractivity contribution in [1.82, 2.24) is 9.88 Å². The van der Waals surface area contributed by atoms with Crippen molar-refractivity contribution in [2.24, 2.45) is 0 Å². The van der Waals surface area contributed by atoms with Crippen LogP contribution in [0.25, 0.3) is 0 Å². The number of nitrogens with zero attached hydrogens (tertiary/aromatic N) is 2. The molecular formula is C27H28Cl2FN3O5. The Morgan fingerprint density at radius 3 is 2.61 bits per heavy atom. The van der Waals surface area contributed by atoms with Crippen molar-refractivity contribution in [3.05, 3.63) is 75.7 Å². The lowest BCUT2D eigenvalue weighted by atomic mass is 10.1. The first-order valence-electron chi connectivity index (χ1n) is 12.0. The Labute approximate surface area is 230 Å². The summed E-state index contributed by atoms with van der Waals surface area (Å²) < 4.78 is 36.3. The molecule has 1 aliphatic heterocycles. The summed E-state index contributed by atoms with van der Waals surface area (Å²) in [4.78, 5) is 19.5. The minimum absolute atomic E-state index is 0.118. The molecule has 2 aromatic carbocycles. The first-order valence-corrected chi connectivity index (χ1v) is 12.8. The van der Waals surface area contributed by atoms with Crippen molar-refractivity contribution < 1.29 is 28.1 Å². The second-order valence-electron chi connectivity index (χ2n) is 8.53. The zero-order chi connectivity index (χ0) is 27.1. The van der Waals surface area contributed by atoms with Gasteiger partial charge in [-0.1, -0.05) is 23.2 Å². The van der Waals surface area contributed by atoms with Gasteiger partial charge in [-0.3, -0.25) is 9.69 Å². The maximum Gasteiger partial charge on any atom is 0.261 e. The van der Waals surface area contributed by atoms with Crippen molar-refractivity contribution in [1.29, 1.82) is 0 Å². The molecule has 1 aliphatic rings. The van der Waals surface area contributed by atoms with E-state index in [1.165, 1.54) is 31.5 Å². The van der Waals surface area contributed by atoms with Crippen molar-refractivity contribution in [2.75, 3.05) is 51.9 Å². The molecule has 0 aliphatic carbocycles. The number of nitrogens with one attached hydrogen (secondary N) is 1. The number of methoxy groups -OCH3 is 1. The molecule has 4 rings (SSSR count). The van der Waals surface area contributed by atoms with E-state index in [2.05, 4.69) is 15.2 Å². The van der Waals surface area contributed by atoms with Crippen LogP contribution in [-0.4, -0.2) is 62.4 Å². The van der Waals surface area contributed by atoms with Gasteiger partial charge in [0.2, 0.25) is 5.88 Å². The van der Waals surface area contributed by atoms with Crippen LogP contribution in [0.15, 0.2) is 48.7 Å². The molecule has 1 saturated heterocycles. The van der Waals surface area contributed by atoms with E-state index in [0.717, 1.165) is 32.8 Å². The molecule has 0 spiro atoms. The number of halogens is 3. The van der Waals surface area contributed by atoms with Crippen molar-refractivity contribution in [3.8, 4) is 17.4 Å². The number of aromatic nitrogens is 1. The first kappa shape index (κ1) is 27.9. The van der Waals surface area contributed by atoms with E-state index in [9.17, 15) is 9.18 Å². The average Bonchev–Trinajstić information content (AvgIpc) is 2.92. The minimum Gasteiger partial charge on any atom is -0.492 e. The number of hydrogen-bond donors (Lipinski definition) is 1. The highest BCUT2D eigenvalue weighted by atomic mass is 35.5. The average molecular weight is 564 g/mol. The molecule has 11 heteroatoms. The van der Waals surface area contributed by atoms with Crippen molar-refractivity contribution >= 4 is 34.8 Å². The van der Waals surface area contributed by atoms with Crippen molar-refractivity contribution in [2.45, 2.75) is 13.0 Å². The Morgan fingerprint density at radius 2 is 1.89 bits per heavy atom. The van der Waals surface area contributed by atoms with Gasteiger partial charge in [-0.15, -0.1) is 0 Å². The third kappa shape index (κ3) is 7.05. The third-order valence-corrected chi connectivity index (χ3v) is 6.67. The Bertz CT molecular complexity index is 1260. The summed E-state index contributed by atoms with van der Waals surface area (Å²) in [6.45, 7) is 6.36. The van der Waals surface area contributed by atoms with E-state index in [4.69, 9.17) is 42.1 Å². The molecular weight excluding hydrogens is 536 g/mol. The number of morpholine rings is 1. The molecule has 8 nitrogen and oxygen atoms in total. The van der Waals surface area contributed by atoms with Crippen LogP contribution in [0.3, 0.4) is 0 Å². The van der Waals surface area contributed by atoms with Gasteiger partial charge in [0.15, 0.2) is 0 Å². The molecule has 1 amide bonds. The quantitative estimate of drug-likeness (QED) is 0.319. The van der Waals surface area contributed by atoms with Gasteiger partial charge in [-0.2, -0.15) is 0 Å². The molecule has 0 radical (unpaired) electrons. The summed E-state index contributed by atoms with van der Waals surface area (Å²) >= 11 is 12.3. The Morgan fingerprint density at radius 1 is 1.16 bits per heavy atom. The van der Waals surface area contributed by atoms with Crippen LogP contribution in [0.2, 0.25) is 10.0 Å². The van der Waals surface area contributed by atoms with Gasteiger partial charge >= 0.3 is 0 Å². The number of pyridine rings is 1. The lowest BCUT2D eigenvalue weighted by Gasteiger charge is -2.26. The summed E-state index contributed by atoms with van der Waals surface area (Å²) in [5.41, 5.74) is 1.01. The zero-order valence-electron chi connectivity index (χ0n) is 21.0. The molecule has 3 aromatic rings. The molecule has 202 valence electrons. The van der Waals surface area contributed by atoms with Gasteiger partial charge in [0.25, 0.3) is 5.91 Å². The fourth-order valence-electron chi connectivity index (χ4n) is 3.95. The Kier molecular flexibility index (Phi) is 9.63. The molecule has 0 saturated carbocycles. The van der Waals surface area contributed by atoms with Crippen LogP contribution in [0.4, 0.5) is 10.1 Å². The highest BCUT2D eigenvalue weighted by Gasteiger charge is 2.21. The smallest absolute Gasteiger partial charge is 0.261 e. The number of benzene rings is 2. The maximum absolute atomic E-state index is 14.0. The van der Waals surface area contributed by atoms with E-state index in [-0.39, 0.29) is 27.2 Å². The van der Waals surface area contributed by atoms with Crippen LogP contribution in [0.1, 0.15) is 28.9 Å². The van der Waals surface area contributed by atoms with Gasteiger partial charge in [-0.05, 0) is 49.4 Å². The second kappa shape index (κ2) is 13.1. The summed E-state index contributed by atoms with van der Waals surface area (Å²) in [5, 5.41) is 2.96. The van der Waals surface area contributed by atoms with Gasteiger partial charge in [-0.25, -0.2) is 9.37 Å². The highest BCUT2D eigenvalue weighted by molar-refractivity contribution is 6.36. The summed E-state index contributed by atoms with van der Waals surface area (Å²) in [6.07, 6.45) is 0.684. The van der Waals surface area contributed by atoms with Crippen LogP contribution < -0.4 is 19.5 Å². The van der Waals surface area contributed by atoms with E-state index in [1.54, 1.807) is 31.2 Å². The van der Waals surface area contributed by atoms with Gasteiger partial charge in [0.1, 0.15) is 35.6 Å². The van der Waals surface area contributed by atoms with Gasteiger partial charge in [0, 0.05) is 35.9 Å². The molecule has 0 bridgehead atoms. The van der Waals surface area contributed by atoms with E-state index < -0.39 is 17.8 Å². The monoisotopic (exact) mass is 563 g/mol.